The Morgan fingerprint density at radius 3 is 3.11 bits per heavy atom. The van der Waals surface area contributed by atoms with Gasteiger partial charge in [0.1, 0.15) is 0 Å². The lowest BCUT2D eigenvalue weighted by Crippen LogP contribution is -2.40. The minimum atomic E-state index is -0.0259. The van der Waals surface area contributed by atoms with Gasteiger partial charge in [0.2, 0.25) is 0 Å². The Labute approximate surface area is 112 Å². The van der Waals surface area contributed by atoms with E-state index in [0.717, 1.165) is 30.2 Å². The minimum Gasteiger partial charge on any atom is -0.379 e. The van der Waals surface area contributed by atoms with Crippen LogP contribution in [0.5, 0.6) is 0 Å². The van der Waals surface area contributed by atoms with Crippen molar-refractivity contribution in [1.82, 2.24) is 10.3 Å². The van der Waals surface area contributed by atoms with E-state index in [2.05, 4.69) is 10.3 Å². The van der Waals surface area contributed by atoms with Crippen molar-refractivity contribution < 1.29 is 9.53 Å². The minimum absolute atomic E-state index is 0.0259. The zero-order chi connectivity index (χ0) is 13.2. The Morgan fingerprint density at radius 2 is 2.26 bits per heavy atom. The van der Waals surface area contributed by atoms with Gasteiger partial charge < -0.3 is 15.0 Å². The first-order chi connectivity index (χ1) is 9.29. The maximum Gasteiger partial charge on any atom is 0.253 e. The zero-order valence-corrected chi connectivity index (χ0v) is 11.0. The summed E-state index contributed by atoms with van der Waals surface area (Å²) in [5.74, 6) is -0.0259. The molecule has 1 aliphatic carbocycles. The van der Waals surface area contributed by atoms with Crippen LogP contribution in [0, 0.1) is 0 Å². The van der Waals surface area contributed by atoms with Gasteiger partial charge in [-0.3, -0.25) is 4.79 Å². The summed E-state index contributed by atoms with van der Waals surface area (Å²) < 4.78 is 5.41. The second kappa shape index (κ2) is 5.05. The molecule has 1 saturated carbocycles. The zero-order valence-electron chi connectivity index (χ0n) is 11.0. The molecule has 19 heavy (non-hydrogen) atoms. The van der Waals surface area contributed by atoms with Crippen LogP contribution in [0.4, 0.5) is 0 Å². The van der Waals surface area contributed by atoms with Crippen LogP contribution in [0.2, 0.25) is 0 Å². The van der Waals surface area contributed by atoms with Crippen LogP contribution in [0.3, 0.4) is 0 Å². The van der Waals surface area contributed by atoms with Crippen molar-refractivity contribution in [3.63, 3.8) is 0 Å². The Morgan fingerprint density at radius 1 is 1.37 bits per heavy atom. The smallest absolute Gasteiger partial charge is 0.253 e. The first-order valence-corrected chi connectivity index (χ1v) is 6.69. The molecule has 2 atom stereocenters. The molecule has 4 heteroatoms. The Kier molecular flexibility index (Phi) is 3.25. The Bertz CT molecular complexity index is 591. The van der Waals surface area contributed by atoms with E-state index in [1.54, 1.807) is 7.11 Å². The number of rotatable bonds is 3. The third-order valence-electron chi connectivity index (χ3n) is 3.90. The van der Waals surface area contributed by atoms with Gasteiger partial charge in [0, 0.05) is 18.7 Å². The number of carbonyl (C=O) groups is 1. The van der Waals surface area contributed by atoms with E-state index in [0.29, 0.717) is 5.56 Å². The van der Waals surface area contributed by atoms with Gasteiger partial charge in [0.25, 0.3) is 5.91 Å². The molecule has 1 fully saturated rings. The highest BCUT2D eigenvalue weighted by Crippen LogP contribution is 2.23. The third kappa shape index (κ3) is 2.24. The Balaban J connectivity index is 1.82. The standard InChI is InChI=1S/C15H18N2O2/c1-19-13-7-3-6-12(13)17-15(18)11-5-2-4-10-8-9-16-14(10)11/h2,4-5,8-9,12-13,16H,3,6-7H2,1H3,(H,17,18). The highest BCUT2D eigenvalue weighted by molar-refractivity contribution is 6.05. The number of benzene rings is 1. The van der Waals surface area contributed by atoms with Gasteiger partial charge in [0.15, 0.2) is 0 Å². The van der Waals surface area contributed by atoms with Gasteiger partial charge in [-0.25, -0.2) is 0 Å². The van der Waals surface area contributed by atoms with Gasteiger partial charge in [-0.2, -0.15) is 0 Å². The molecule has 0 aliphatic heterocycles. The van der Waals surface area contributed by atoms with Crippen molar-refractivity contribution in [3.05, 3.63) is 36.0 Å². The first kappa shape index (κ1) is 12.2. The maximum absolute atomic E-state index is 12.4. The lowest BCUT2D eigenvalue weighted by Gasteiger charge is -2.19. The molecule has 0 spiro atoms. The van der Waals surface area contributed by atoms with Crippen molar-refractivity contribution in [1.29, 1.82) is 0 Å². The van der Waals surface area contributed by atoms with Crippen LogP contribution in [0.1, 0.15) is 29.6 Å². The number of hydrogen-bond acceptors (Lipinski definition) is 2. The van der Waals surface area contributed by atoms with Crippen molar-refractivity contribution in [2.45, 2.75) is 31.4 Å². The van der Waals surface area contributed by atoms with Crippen molar-refractivity contribution in [2.24, 2.45) is 0 Å². The fourth-order valence-electron chi connectivity index (χ4n) is 2.89. The number of aromatic amines is 1. The topological polar surface area (TPSA) is 54.1 Å². The summed E-state index contributed by atoms with van der Waals surface area (Å²) >= 11 is 0. The summed E-state index contributed by atoms with van der Waals surface area (Å²) in [6.45, 7) is 0. The van der Waals surface area contributed by atoms with Gasteiger partial charge in [0.05, 0.1) is 23.2 Å². The summed E-state index contributed by atoms with van der Waals surface area (Å²) in [7, 11) is 1.71. The monoisotopic (exact) mass is 258 g/mol. The lowest BCUT2D eigenvalue weighted by atomic mass is 10.1. The molecule has 0 bridgehead atoms. The quantitative estimate of drug-likeness (QED) is 0.888. The SMILES string of the molecule is COC1CCCC1NC(=O)c1cccc2cc[nH]c12. The lowest BCUT2D eigenvalue weighted by molar-refractivity contribution is 0.0723. The molecule has 100 valence electrons. The molecule has 0 radical (unpaired) electrons. The molecule has 1 aliphatic rings. The average molecular weight is 258 g/mol. The van der Waals surface area contributed by atoms with E-state index in [1.165, 1.54) is 0 Å². The van der Waals surface area contributed by atoms with Crippen molar-refractivity contribution in [2.75, 3.05) is 7.11 Å². The number of amides is 1. The number of H-pyrrole nitrogens is 1. The third-order valence-corrected chi connectivity index (χ3v) is 3.90. The molecule has 2 unspecified atom stereocenters. The highest BCUT2D eigenvalue weighted by atomic mass is 16.5. The van der Waals surface area contributed by atoms with Crippen LogP contribution in [-0.4, -0.2) is 30.1 Å². The molecule has 3 rings (SSSR count). The van der Waals surface area contributed by atoms with E-state index in [-0.39, 0.29) is 18.1 Å². The van der Waals surface area contributed by atoms with Crippen LogP contribution < -0.4 is 5.32 Å². The second-order valence-electron chi connectivity index (χ2n) is 5.03. The van der Waals surface area contributed by atoms with Gasteiger partial charge in [-0.15, -0.1) is 0 Å². The van der Waals surface area contributed by atoms with E-state index in [4.69, 9.17) is 4.74 Å². The Hall–Kier alpha value is -1.81. The first-order valence-electron chi connectivity index (χ1n) is 6.69. The van der Waals surface area contributed by atoms with Gasteiger partial charge in [-0.1, -0.05) is 12.1 Å². The number of carbonyl (C=O) groups excluding carboxylic acids is 1. The molecule has 1 aromatic carbocycles. The number of nitrogens with one attached hydrogen (secondary N) is 2. The molecular weight excluding hydrogens is 240 g/mol. The number of methoxy groups -OCH3 is 1. The fourth-order valence-corrected chi connectivity index (χ4v) is 2.89. The van der Waals surface area contributed by atoms with Crippen molar-refractivity contribution in [3.8, 4) is 0 Å². The van der Waals surface area contributed by atoms with Crippen molar-refractivity contribution >= 4 is 16.8 Å². The number of aromatic nitrogens is 1. The molecule has 1 amide bonds. The van der Waals surface area contributed by atoms with Crippen LogP contribution >= 0.6 is 0 Å². The molecule has 2 aromatic rings. The average Bonchev–Trinajstić information content (AvgIpc) is 3.05. The van der Waals surface area contributed by atoms with Crippen LogP contribution in [-0.2, 0) is 4.74 Å². The highest BCUT2D eigenvalue weighted by Gasteiger charge is 2.28. The molecule has 2 N–H and O–H groups in total. The predicted octanol–water partition coefficient (Wildman–Crippen LogP) is 2.47. The summed E-state index contributed by atoms with van der Waals surface area (Å²) in [6.07, 6.45) is 5.12. The van der Waals surface area contributed by atoms with E-state index in [1.807, 2.05) is 30.5 Å². The van der Waals surface area contributed by atoms with Crippen LogP contribution in [0.15, 0.2) is 30.5 Å². The maximum atomic E-state index is 12.4. The largest absolute Gasteiger partial charge is 0.379 e. The molecule has 4 nitrogen and oxygen atoms in total. The molecular formula is C15H18N2O2. The van der Waals surface area contributed by atoms with E-state index >= 15 is 0 Å². The second-order valence-corrected chi connectivity index (χ2v) is 5.03. The number of fused-ring (bicyclic) bond motifs is 1. The van der Waals surface area contributed by atoms with Crippen LogP contribution in [0.25, 0.3) is 10.9 Å². The normalized spacial score (nSPS) is 22.8. The summed E-state index contributed by atoms with van der Waals surface area (Å²) in [4.78, 5) is 15.5. The fraction of sp³-hybridized carbons (Fsp3) is 0.400. The number of para-hydroxylation sites is 1. The predicted molar refractivity (Wildman–Crippen MR) is 74.2 cm³/mol. The molecule has 1 aromatic heterocycles. The van der Waals surface area contributed by atoms with Gasteiger partial charge in [-0.05, 0) is 31.4 Å². The summed E-state index contributed by atoms with van der Waals surface area (Å²) in [6, 6.07) is 7.86. The van der Waals surface area contributed by atoms with E-state index < -0.39 is 0 Å². The molecule has 0 saturated heterocycles. The summed E-state index contributed by atoms with van der Waals surface area (Å²) in [5.41, 5.74) is 1.59. The number of hydrogen-bond donors (Lipinski definition) is 2. The number of ether oxygens (including phenoxy) is 1. The molecule has 1 heterocycles. The van der Waals surface area contributed by atoms with Gasteiger partial charge >= 0.3 is 0 Å². The van der Waals surface area contributed by atoms with E-state index in [9.17, 15) is 4.79 Å². The summed E-state index contributed by atoms with van der Waals surface area (Å²) in [5, 5.41) is 4.15.